The number of benzene rings is 2. The third kappa shape index (κ3) is 3.57. The molecule has 0 aromatic heterocycles. The lowest BCUT2D eigenvalue weighted by Gasteiger charge is -2.24. The summed E-state index contributed by atoms with van der Waals surface area (Å²) >= 11 is 0. The lowest BCUT2D eigenvalue weighted by molar-refractivity contribution is 0.0973. The van der Waals surface area contributed by atoms with Crippen LogP contribution in [-0.4, -0.2) is 25.7 Å². The molecular formula is C21H21NO4S. The number of Topliss-reactive ketones (excluding diaryl/α,β-unsaturated/α-hetero) is 2. The van der Waals surface area contributed by atoms with Gasteiger partial charge in [0.25, 0.3) is 0 Å². The van der Waals surface area contributed by atoms with Crippen molar-refractivity contribution < 1.29 is 18.0 Å². The van der Waals surface area contributed by atoms with Crippen LogP contribution < -0.4 is 5.32 Å². The molecule has 0 heterocycles. The average molecular weight is 383 g/mol. The molecule has 0 amide bonds. The van der Waals surface area contributed by atoms with Gasteiger partial charge in [-0.15, -0.1) is 0 Å². The molecule has 1 atom stereocenters. The van der Waals surface area contributed by atoms with Crippen molar-refractivity contribution in [3.05, 3.63) is 81.9 Å². The standard InChI is InChI=1S/C21H21NO4S/c1-3-13-27(25,26)21-18(22-14(2)15-9-5-4-6-10-15)19(23)16-11-7-8-12-17(16)20(21)24/h4-12,14,22H,3,13H2,1-2H3. The Morgan fingerprint density at radius 3 is 2.04 bits per heavy atom. The maximum atomic E-state index is 13.1. The number of hydrogen-bond donors (Lipinski definition) is 1. The Hall–Kier alpha value is -2.73. The number of ketones is 2. The normalized spacial score (nSPS) is 15.5. The maximum absolute atomic E-state index is 13.1. The zero-order valence-electron chi connectivity index (χ0n) is 15.2. The van der Waals surface area contributed by atoms with Crippen LogP contribution in [0.2, 0.25) is 0 Å². The Morgan fingerprint density at radius 1 is 0.889 bits per heavy atom. The zero-order chi connectivity index (χ0) is 19.6. The molecule has 6 heteroatoms. The molecule has 0 fully saturated rings. The minimum absolute atomic E-state index is 0.134. The fraction of sp³-hybridized carbons (Fsp3) is 0.238. The first kappa shape index (κ1) is 19.0. The highest BCUT2D eigenvalue weighted by molar-refractivity contribution is 7.96. The van der Waals surface area contributed by atoms with E-state index in [-0.39, 0.29) is 28.6 Å². The second-order valence-electron chi connectivity index (χ2n) is 6.50. The smallest absolute Gasteiger partial charge is 0.211 e. The second kappa shape index (κ2) is 7.48. The molecule has 2 aromatic carbocycles. The lowest BCUT2D eigenvalue weighted by atomic mass is 9.92. The molecule has 0 bridgehead atoms. The van der Waals surface area contributed by atoms with E-state index in [1.54, 1.807) is 25.1 Å². The van der Waals surface area contributed by atoms with Crippen molar-refractivity contribution in [3.8, 4) is 0 Å². The molecule has 1 unspecified atom stereocenters. The van der Waals surface area contributed by atoms with Gasteiger partial charge in [0.2, 0.25) is 11.6 Å². The molecule has 2 aromatic rings. The SMILES string of the molecule is CCCS(=O)(=O)C1=C(NC(C)c2ccccc2)C(=O)c2ccccc2C1=O. The molecular weight excluding hydrogens is 362 g/mol. The number of carbonyl (C=O) groups excluding carboxylic acids is 2. The number of nitrogens with one attached hydrogen (secondary N) is 1. The van der Waals surface area contributed by atoms with Crippen molar-refractivity contribution in [2.75, 3.05) is 5.75 Å². The van der Waals surface area contributed by atoms with Crippen molar-refractivity contribution in [2.24, 2.45) is 0 Å². The van der Waals surface area contributed by atoms with Gasteiger partial charge < -0.3 is 5.32 Å². The van der Waals surface area contributed by atoms with Gasteiger partial charge in [-0.25, -0.2) is 8.42 Å². The number of carbonyl (C=O) groups is 2. The van der Waals surface area contributed by atoms with Gasteiger partial charge in [0.05, 0.1) is 5.75 Å². The summed E-state index contributed by atoms with van der Waals surface area (Å²) in [6.45, 7) is 3.55. The van der Waals surface area contributed by atoms with Crippen LogP contribution in [0.25, 0.3) is 0 Å². The minimum Gasteiger partial charge on any atom is -0.374 e. The van der Waals surface area contributed by atoms with E-state index in [1.165, 1.54) is 6.07 Å². The quantitative estimate of drug-likeness (QED) is 0.826. The molecule has 27 heavy (non-hydrogen) atoms. The molecule has 0 radical (unpaired) electrons. The fourth-order valence-corrected chi connectivity index (χ4v) is 4.79. The second-order valence-corrected chi connectivity index (χ2v) is 8.55. The molecule has 1 aliphatic carbocycles. The Labute approximate surface area is 159 Å². The van der Waals surface area contributed by atoms with Gasteiger partial charge in [-0.1, -0.05) is 61.5 Å². The van der Waals surface area contributed by atoms with Gasteiger partial charge in [-0.2, -0.15) is 0 Å². The van der Waals surface area contributed by atoms with E-state index in [0.717, 1.165) is 5.56 Å². The summed E-state index contributed by atoms with van der Waals surface area (Å²) in [6, 6.07) is 15.3. The molecule has 0 spiro atoms. The summed E-state index contributed by atoms with van der Waals surface area (Å²) in [7, 11) is -3.89. The van der Waals surface area contributed by atoms with Crippen molar-refractivity contribution in [1.29, 1.82) is 0 Å². The summed E-state index contributed by atoms with van der Waals surface area (Å²) < 4.78 is 25.6. The highest BCUT2D eigenvalue weighted by atomic mass is 32.2. The van der Waals surface area contributed by atoms with Crippen LogP contribution in [-0.2, 0) is 9.84 Å². The van der Waals surface area contributed by atoms with Crippen LogP contribution >= 0.6 is 0 Å². The van der Waals surface area contributed by atoms with Gasteiger partial charge in [-0.05, 0) is 18.9 Å². The molecule has 3 rings (SSSR count). The monoisotopic (exact) mass is 383 g/mol. The molecule has 0 aliphatic heterocycles. The number of fused-ring (bicyclic) bond motifs is 1. The predicted octanol–water partition coefficient (Wildman–Crippen LogP) is 3.45. The molecule has 140 valence electrons. The third-order valence-electron chi connectivity index (χ3n) is 4.52. The zero-order valence-corrected chi connectivity index (χ0v) is 16.0. The van der Waals surface area contributed by atoms with Crippen LogP contribution in [0.15, 0.2) is 65.2 Å². The van der Waals surface area contributed by atoms with E-state index in [4.69, 9.17) is 0 Å². The molecule has 0 saturated carbocycles. The van der Waals surface area contributed by atoms with E-state index >= 15 is 0 Å². The van der Waals surface area contributed by atoms with Crippen molar-refractivity contribution in [2.45, 2.75) is 26.3 Å². The van der Waals surface area contributed by atoms with Gasteiger partial charge in [0, 0.05) is 17.2 Å². The molecule has 5 nitrogen and oxygen atoms in total. The average Bonchev–Trinajstić information content (AvgIpc) is 2.66. The van der Waals surface area contributed by atoms with Crippen LogP contribution in [0.3, 0.4) is 0 Å². The number of hydrogen-bond acceptors (Lipinski definition) is 5. The van der Waals surface area contributed by atoms with Crippen molar-refractivity contribution in [3.63, 3.8) is 0 Å². The summed E-state index contributed by atoms with van der Waals surface area (Å²) in [5.41, 5.74) is 1.11. The van der Waals surface area contributed by atoms with Crippen molar-refractivity contribution >= 4 is 21.4 Å². The van der Waals surface area contributed by atoms with Gasteiger partial charge in [-0.3, -0.25) is 9.59 Å². The summed E-state index contributed by atoms with van der Waals surface area (Å²) in [5.74, 6) is -1.28. The Balaban J connectivity index is 2.14. The largest absolute Gasteiger partial charge is 0.374 e. The Kier molecular flexibility index (Phi) is 5.28. The lowest BCUT2D eigenvalue weighted by Crippen LogP contribution is -2.35. The first-order valence-electron chi connectivity index (χ1n) is 8.83. The van der Waals surface area contributed by atoms with Crippen LogP contribution in [0.5, 0.6) is 0 Å². The topological polar surface area (TPSA) is 80.3 Å². The number of sulfone groups is 1. The van der Waals surface area contributed by atoms with Gasteiger partial charge >= 0.3 is 0 Å². The first-order valence-corrected chi connectivity index (χ1v) is 10.5. The first-order chi connectivity index (χ1) is 12.9. The molecule has 1 N–H and O–H groups in total. The predicted molar refractivity (Wildman–Crippen MR) is 104 cm³/mol. The summed E-state index contributed by atoms with van der Waals surface area (Å²) in [6.07, 6.45) is 0.358. The Bertz CT molecular complexity index is 1020. The van der Waals surface area contributed by atoms with Gasteiger partial charge in [0.15, 0.2) is 9.84 Å². The van der Waals surface area contributed by atoms with E-state index < -0.39 is 26.3 Å². The molecule has 1 aliphatic rings. The maximum Gasteiger partial charge on any atom is 0.211 e. The van der Waals surface area contributed by atoms with E-state index in [0.29, 0.717) is 6.42 Å². The number of allylic oxidation sites excluding steroid dienone is 2. The Morgan fingerprint density at radius 2 is 1.44 bits per heavy atom. The summed E-state index contributed by atoms with van der Waals surface area (Å²) in [4.78, 5) is 25.6. The van der Waals surface area contributed by atoms with E-state index in [2.05, 4.69) is 5.32 Å². The summed E-state index contributed by atoms with van der Waals surface area (Å²) in [5, 5.41) is 3.00. The fourth-order valence-electron chi connectivity index (χ4n) is 3.19. The van der Waals surface area contributed by atoms with Crippen LogP contribution in [0, 0.1) is 0 Å². The van der Waals surface area contributed by atoms with Gasteiger partial charge in [0.1, 0.15) is 10.6 Å². The third-order valence-corrected chi connectivity index (χ3v) is 6.48. The highest BCUT2D eigenvalue weighted by Crippen LogP contribution is 2.30. The van der Waals surface area contributed by atoms with E-state index in [1.807, 2.05) is 37.3 Å². The van der Waals surface area contributed by atoms with Crippen molar-refractivity contribution in [1.82, 2.24) is 5.32 Å². The minimum atomic E-state index is -3.89. The number of rotatable bonds is 6. The van der Waals surface area contributed by atoms with E-state index in [9.17, 15) is 18.0 Å². The highest BCUT2D eigenvalue weighted by Gasteiger charge is 2.39. The molecule has 0 saturated heterocycles. The van der Waals surface area contributed by atoms with Crippen LogP contribution in [0.4, 0.5) is 0 Å². The van der Waals surface area contributed by atoms with Crippen LogP contribution in [0.1, 0.15) is 52.6 Å².